The molecule has 0 spiro atoms. The van der Waals surface area contributed by atoms with Crippen molar-refractivity contribution in [2.45, 2.75) is 24.5 Å². The van der Waals surface area contributed by atoms with Crippen LogP contribution in [0, 0.1) is 0 Å². The number of ether oxygens (including phenoxy) is 1. The number of imidazole rings is 1. The minimum atomic E-state index is -1.18. The normalized spacial score (nSPS) is 30.1. The van der Waals surface area contributed by atoms with Gasteiger partial charge >= 0.3 is 7.98 Å². The lowest BCUT2D eigenvalue weighted by molar-refractivity contribution is -0.507. The molecule has 2 aromatic rings. The highest BCUT2D eigenvalue weighted by Gasteiger charge is 2.44. The van der Waals surface area contributed by atoms with Gasteiger partial charge in [-0.3, -0.25) is 4.57 Å². The number of nitrogens with zero attached hydrogens (tertiary/aromatic N) is 4. The van der Waals surface area contributed by atoms with Crippen molar-refractivity contribution in [3.63, 3.8) is 0 Å². The van der Waals surface area contributed by atoms with E-state index in [9.17, 15) is 10.2 Å². The van der Waals surface area contributed by atoms with Gasteiger partial charge in [0, 0.05) is 0 Å². The molecule has 106 valence electrons. The van der Waals surface area contributed by atoms with E-state index in [4.69, 9.17) is 15.6 Å². The van der Waals surface area contributed by atoms with Crippen LogP contribution in [-0.2, 0) is 4.74 Å². The largest absolute Gasteiger partial charge is 0.394 e. The van der Waals surface area contributed by atoms with Crippen molar-refractivity contribution in [1.29, 1.82) is 0 Å². The molecule has 4 atom stereocenters. The molecule has 2 aromatic heterocycles. The molecule has 0 radical (unpaired) electrons. The standard InChI is InChI=1S/C10H14BN5O4/c11-16-3-14-9-5(8(16)12)13-2-15(9)10-7(19)6(18)4(1-17)20-10/h2-4,6-7,10,12,17-19H,1,11H2/p+1/t4-,6-,7-,10-/m1/s1. The molecule has 1 aliphatic rings. The third-order valence-electron chi connectivity index (χ3n) is 3.53. The van der Waals surface area contributed by atoms with E-state index in [0.717, 1.165) is 0 Å². The van der Waals surface area contributed by atoms with E-state index in [2.05, 4.69) is 9.97 Å². The van der Waals surface area contributed by atoms with E-state index in [0.29, 0.717) is 17.0 Å². The third-order valence-corrected chi connectivity index (χ3v) is 3.53. The molecule has 0 unspecified atom stereocenters. The Bertz CT molecular complexity index is 650. The van der Waals surface area contributed by atoms with E-state index < -0.39 is 24.5 Å². The van der Waals surface area contributed by atoms with Crippen LogP contribution >= 0.6 is 0 Å². The lowest BCUT2D eigenvalue weighted by atomic mass is 10.1. The zero-order chi connectivity index (χ0) is 14.4. The highest BCUT2D eigenvalue weighted by atomic mass is 16.6. The summed E-state index contributed by atoms with van der Waals surface area (Å²) in [5.41, 5.74) is 6.82. The number of hydrogen-bond donors (Lipinski definition) is 4. The van der Waals surface area contributed by atoms with Crippen LogP contribution in [0.25, 0.3) is 11.2 Å². The van der Waals surface area contributed by atoms with E-state index in [-0.39, 0.29) is 6.61 Å². The van der Waals surface area contributed by atoms with Crippen molar-refractivity contribution in [2.75, 3.05) is 12.3 Å². The Morgan fingerprint density at radius 1 is 1.40 bits per heavy atom. The smallest absolute Gasteiger partial charge is 0.307 e. The van der Waals surface area contributed by atoms with Crippen molar-refractivity contribution in [3.8, 4) is 0 Å². The topological polar surface area (TPSA) is 131 Å². The number of nitrogens with two attached hydrogens (primary N) is 1. The van der Waals surface area contributed by atoms with E-state index >= 15 is 0 Å². The first kappa shape index (κ1) is 13.2. The van der Waals surface area contributed by atoms with Crippen molar-refractivity contribution < 1.29 is 24.5 Å². The highest BCUT2D eigenvalue weighted by molar-refractivity contribution is 5.97. The van der Waals surface area contributed by atoms with Crippen LogP contribution in [0.2, 0.25) is 0 Å². The van der Waals surface area contributed by atoms with Gasteiger partial charge in [0.15, 0.2) is 11.7 Å². The van der Waals surface area contributed by atoms with Crippen LogP contribution in [0.4, 0.5) is 5.82 Å². The first-order valence-corrected chi connectivity index (χ1v) is 6.13. The molecular formula is C10H15BN5O4+. The SMILES string of the molecule is B[n+]1cnc2c(ncn2[C@@H]2O[C@H](CO)[C@@H](O)[C@H]2O)c1N. The molecule has 0 aromatic carbocycles. The van der Waals surface area contributed by atoms with Gasteiger partial charge in [-0.25, -0.2) is 4.98 Å². The summed E-state index contributed by atoms with van der Waals surface area (Å²) in [5.74, 6) is 0.431. The van der Waals surface area contributed by atoms with Gasteiger partial charge < -0.3 is 30.3 Å². The molecule has 9 nitrogen and oxygen atoms in total. The predicted molar refractivity (Wildman–Crippen MR) is 69.1 cm³/mol. The van der Waals surface area contributed by atoms with Gasteiger partial charge in [-0.15, -0.1) is 0 Å². The van der Waals surface area contributed by atoms with Gasteiger partial charge in [0.2, 0.25) is 17.8 Å². The first-order valence-electron chi connectivity index (χ1n) is 6.13. The molecule has 0 amide bonds. The molecule has 1 fully saturated rings. The van der Waals surface area contributed by atoms with Gasteiger partial charge in [0.05, 0.1) is 6.61 Å². The van der Waals surface area contributed by atoms with Crippen LogP contribution in [-0.4, -0.2) is 62.8 Å². The molecule has 3 heterocycles. The fourth-order valence-corrected chi connectivity index (χ4v) is 2.33. The number of aliphatic hydroxyl groups excluding tert-OH is 3. The quantitative estimate of drug-likeness (QED) is 0.416. The summed E-state index contributed by atoms with van der Waals surface area (Å²) in [6, 6.07) is 0. The molecule has 0 bridgehead atoms. The molecule has 0 aliphatic carbocycles. The van der Waals surface area contributed by atoms with Gasteiger partial charge in [-0.05, 0) is 0 Å². The summed E-state index contributed by atoms with van der Waals surface area (Å²) < 4.78 is 8.56. The number of hydrogen-bond acceptors (Lipinski definition) is 7. The van der Waals surface area contributed by atoms with Crippen molar-refractivity contribution in [2.24, 2.45) is 0 Å². The van der Waals surface area contributed by atoms with Crippen molar-refractivity contribution in [1.82, 2.24) is 14.5 Å². The number of aromatic nitrogens is 4. The number of nitrogen functional groups attached to an aromatic ring is 1. The summed E-state index contributed by atoms with van der Waals surface area (Å²) in [4.78, 5) is 8.36. The van der Waals surface area contributed by atoms with E-state index in [1.165, 1.54) is 17.2 Å². The summed E-state index contributed by atoms with van der Waals surface area (Å²) in [5, 5.41) is 28.9. The number of rotatable bonds is 2. The van der Waals surface area contributed by atoms with Gasteiger partial charge in [-0.2, -0.15) is 0 Å². The summed E-state index contributed by atoms with van der Waals surface area (Å²) >= 11 is 0. The monoisotopic (exact) mass is 280 g/mol. The maximum Gasteiger partial charge on any atom is 0.307 e. The average Bonchev–Trinajstić information content (AvgIpc) is 2.98. The third kappa shape index (κ3) is 1.77. The number of fused-ring (bicyclic) bond motifs is 1. The fraction of sp³-hybridized carbons (Fsp3) is 0.500. The van der Waals surface area contributed by atoms with Crippen LogP contribution in [0.5, 0.6) is 0 Å². The summed E-state index contributed by atoms with van der Waals surface area (Å²) in [6.45, 7) is -0.383. The Kier molecular flexibility index (Phi) is 3.09. The summed E-state index contributed by atoms with van der Waals surface area (Å²) in [7, 11) is 1.74. The maximum absolute atomic E-state index is 10.0. The maximum atomic E-state index is 10.0. The molecule has 10 heteroatoms. The zero-order valence-corrected chi connectivity index (χ0v) is 10.8. The lowest BCUT2D eigenvalue weighted by Crippen LogP contribution is -2.36. The number of aliphatic hydroxyl groups is 3. The van der Waals surface area contributed by atoms with Crippen LogP contribution in [0.15, 0.2) is 12.7 Å². The molecule has 1 saturated heterocycles. The van der Waals surface area contributed by atoms with Gasteiger partial charge in [0.25, 0.3) is 0 Å². The minimum absolute atomic E-state index is 0.383. The van der Waals surface area contributed by atoms with Gasteiger partial charge in [0.1, 0.15) is 24.6 Å². The fourth-order valence-electron chi connectivity index (χ4n) is 2.33. The molecule has 20 heavy (non-hydrogen) atoms. The first-order chi connectivity index (χ1) is 9.54. The number of anilines is 1. The molecule has 3 rings (SSSR count). The van der Waals surface area contributed by atoms with Crippen molar-refractivity contribution >= 4 is 25.0 Å². The van der Waals surface area contributed by atoms with Crippen LogP contribution in [0.3, 0.4) is 0 Å². The minimum Gasteiger partial charge on any atom is -0.394 e. The molecular weight excluding hydrogens is 265 g/mol. The Morgan fingerprint density at radius 3 is 2.80 bits per heavy atom. The Labute approximate surface area is 114 Å². The lowest BCUT2D eigenvalue weighted by Gasteiger charge is -2.15. The van der Waals surface area contributed by atoms with Gasteiger partial charge in [-0.1, -0.05) is 4.98 Å². The second-order valence-electron chi connectivity index (χ2n) is 4.79. The van der Waals surface area contributed by atoms with E-state index in [1.54, 1.807) is 12.5 Å². The Morgan fingerprint density at radius 2 is 2.15 bits per heavy atom. The highest BCUT2D eigenvalue weighted by Crippen LogP contribution is 2.31. The van der Waals surface area contributed by atoms with Crippen LogP contribution in [0.1, 0.15) is 6.23 Å². The Hall–Kier alpha value is -1.75. The van der Waals surface area contributed by atoms with E-state index in [1.807, 2.05) is 0 Å². The predicted octanol–water partition coefficient (Wildman–Crippen LogP) is -3.69. The second-order valence-corrected chi connectivity index (χ2v) is 4.79. The second kappa shape index (κ2) is 4.67. The zero-order valence-electron chi connectivity index (χ0n) is 10.8. The Balaban J connectivity index is 2.05. The van der Waals surface area contributed by atoms with Crippen molar-refractivity contribution in [3.05, 3.63) is 12.7 Å². The molecule has 5 N–H and O–H groups in total. The molecule has 0 saturated carbocycles. The average molecular weight is 280 g/mol. The summed E-state index contributed by atoms with van der Waals surface area (Å²) in [6.07, 6.45) is -1.09. The molecule has 1 aliphatic heterocycles. The van der Waals surface area contributed by atoms with Crippen LogP contribution < -0.4 is 10.2 Å².